The fraction of sp³-hybridized carbons (Fsp3) is 0.350. The number of carbonyl (C=O) groups is 1. The van der Waals surface area contributed by atoms with Crippen LogP contribution in [0.15, 0.2) is 42.9 Å². The number of piperidine rings is 1. The van der Waals surface area contributed by atoms with Crippen LogP contribution < -0.4 is 10.6 Å². The van der Waals surface area contributed by atoms with Crippen LogP contribution in [0, 0.1) is 12.7 Å². The minimum absolute atomic E-state index is 0. The van der Waals surface area contributed by atoms with Gasteiger partial charge in [-0.25, -0.2) is 9.37 Å². The molecule has 3 heterocycles. The normalized spacial score (nSPS) is 15.5. The third-order valence-corrected chi connectivity index (χ3v) is 6.10. The Kier molecular flexibility index (Phi) is 6.66. The van der Waals surface area contributed by atoms with Gasteiger partial charge in [0, 0.05) is 29.9 Å². The van der Waals surface area contributed by atoms with Gasteiger partial charge in [0.2, 0.25) is 0 Å². The zero-order valence-electron chi connectivity index (χ0n) is 16.0. The van der Waals surface area contributed by atoms with Gasteiger partial charge >= 0.3 is 0 Å². The van der Waals surface area contributed by atoms with Crippen molar-refractivity contribution in [2.75, 3.05) is 18.4 Å². The lowest BCUT2D eigenvalue weighted by Crippen LogP contribution is -2.52. The zero-order chi connectivity index (χ0) is 19.6. The molecule has 1 aliphatic heterocycles. The number of thiazole rings is 1. The Labute approximate surface area is 179 Å². The first-order chi connectivity index (χ1) is 13.6. The molecule has 0 saturated carbocycles. The summed E-state index contributed by atoms with van der Waals surface area (Å²) in [6, 6.07) is 7.08. The molecular weight excluding hydrogens is 413 g/mol. The number of hydrogen-bond donors (Lipinski definition) is 2. The molecule has 29 heavy (non-hydrogen) atoms. The molecule has 1 aliphatic rings. The molecule has 1 amide bonds. The summed E-state index contributed by atoms with van der Waals surface area (Å²) in [6.07, 6.45) is 7.19. The van der Waals surface area contributed by atoms with Crippen molar-refractivity contribution in [1.82, 2.24) is 20.1 Å². The summed E-state index contributed by atoms with van der Waals surface area (Å²) in [5.74, 6) is -0.303. The maximum atomic E-state index is 13.8. The highest BCUT2D eigenvalue weighted by Crippen LogP contribution is 2.30. The van der Waals surface area contributed by atoms with Crippen LogP contribution in [0.5, 0.6) is 0 Å². The van der Waals surface area contributed by atoms with E-state index in [1.54, 1.807) is 36.1 Å². The average Bonchev–Trinajstić information content (AvgIpc) is 3.38. The van der Waals surface area contributed by atoms with Gasteiger partial charge in [-0.2, -0.15) is 5.10 Å². The number of nitrogens with zero attached hydrogens (tertiary/aromatic N) is 3. The highest BCUT2D eigenvalue weighted by atomic mass is 35.5. The molecule has 154 valence electrons. The van der Waals surface area contributed by atoms with Crippen molar-refractivity contribution in [3.63, 3.8) is 0 Å². The molecule has 0 unspecified atom stereocenters. The lowest BCUT2D eigenvalue weighted by molar-refractivity contribution is -0.126. The molecule has 0 aliphatic carbocycles. The van der Waals surface area contributed by atoms with Gasteiger partial charge in [-0.05, 0) is 56.1 Å². The fourth-order valence-electron chi connectivity index (χ4n) is 3.53. The fourth-order valence-corrected chi connectivity index (χ4v) is 4.37. The second-order valence-corrected chi connectivity index (χ2v) is 8.19. The van der Waals surface area contributed by atoms with E-state index in [0.29, 0.717) is 30.0 Å². The summed E-state index contributed by atoms with van der Waals surface area (Å²) in [7, 11) is 0. The Morgan fingerprint density at radius 1 is 1.38 bits per heavy atom. The van der Waals surface area contributed by atoms with E-state index >= 15 is 0 Å². The smallest absolute Gasteiger partial charge is 0.254 e. The first kappa shape index (κ1) is 21.4. The number of nitrogens with one attached hydrogen (secondary N) is 2. The van der Waals surface area contributed by atoms with Crippen LogP contribution in [0.4, 0.5) is 9.52 Å². The number of hydrogen-bond acceptors (Lipinski definition) is 5. The first-order valence-electron chi connectivity index (χ1n) is 9.29. The van der Waals surface area contributed by atoms with Gasteiger partial charge < -0.3 is 5.32 Å². The number of benzene rings is 1. The summed E-state index contributed by atoms with van der Waals surface area (Å²) >= 11 is 1.42. The third-order valence-electron chi connectivity index (χ3n) is 5.18. The predicted molar refractivity (Wildman–Crippen MR) is 114 cm³/mol. The number of anilines is 1. The minimum Gasteiger partial charge on any atom is -0.317 e. The predicted octanol–water partition coefficient (Wildman–Crippen LogP) is 3.52. The van der Waals surface area contributed by atoms with Gasteiger partial charge in [0.1, 0.15) is 11.4 Å². The molecule has 6 nitrogen and oxygen atoms in total. The van der Waals surface area contributed by atoms with E-state index in [4.69, 9.17) is 0 Å². The molecule has 3 aromatic rings. The van der Waals surface area contributed by atoms with Crippen LogP contribution in [-0.2, 0) is 16.8 Å². The first-order valence-corrected chi connectivity index (χ1v) is 10.1. The highest BCUT2D eigenvalue weighted by molar-refractivity contribution is 7.15. The topological polar surface area (TPSA) is 71.8 Å². The third kappa shape index (κ3) is 4.49. The van der Waals surface area contributed by atoms with E-state index in [-0.39, 0.29) is 24.1 Å². The van der Waals surface area contributed by atoms with Crippen LogP contribution in [0.25, 0.3) is 0 Å². The van der Waals surface area contributed by atoms with Gasteiger partial charge in [0.05, 0.1) is 0 Å². The molecule has 9 heteroatoms. The second kappa shape index (κ2) is 9.02. The summed E-state index contributed by atoms with van der Waals surface area (Å²) in [4.78, 5) is 18.5. The van der Waals surface area contributed by atoms with Crippen LogP contribution in [0.2, 0.25) is 0 Å². The molecule has 0 spiro atoms. The van der Waals surface area contributed by atoms with Crippen molar-refractivity contribution in [1.29, 1.82) is 0 Å². The molecule has 1 aromatic carbocycles. The monoisotopic (exact) mass is 435 g/mol. The van der Waals surface area contributed by atoms with Crippen LogP contribution in [0.1, 0.15) is 28.8 Å². The number of amides is 1. The lowest BCUT2D eigenvalue weighted by Gasteiger charge is -2.36. The molecule has 1 saturated heterocycles. The lowest BCUT2D eigenvalue weighted by atomic mass is 9.87. The standard InChI is InChI=1S/C20H22FN5OS.ClH/c1-14-3-4-15(12-17(14)21)11-16-13-23-19(28-16)25-18(27)20(5-8-22-9-6-20)26-10-2-7-24-26;/h2-4,7,10,12-13,22H,5-6,8-9,11H2,1H3,(H,23,25,27);1H. The minimum atomic E-state index is -0.708. The summed E-state index contributed by atoms with van der Waals surface area (Å²) < 4.78 is 15.5. The number of rotatable bonds is 5. The molecule has 0 atom stereocenters. The Hall–Kier alpha value is -2.29. The number of aryl methyl sites for hydroxylation is 1. The summed E-state index contributed by atoms with van der Waals surface area (Å²) in [5, 5.41) is 11.1. The van der Waals surface area contributed by atoms with Gasteiger partial charge in [-0.15, -0.1) is 23.7 Å². The molecule has 0 radical (unpaired) electrons. The Morgan fingerprint density at radius 2 is 2.17 bits per heavy atom. The van der Waals surface area contributed by atoms with E-state index in [0.717, 1.165) is 23.5 Å². The molecule has 2 aromatic heterocycles. The van der Waals surface area contributed by atoms with Crippen LogP contribution >= 0.6 is 23.7 Å². The van der Waals surface area contributed by atoms with Crippen LogP contribution in [-0.4, -0.2) is 33.8 Å². The van der Waals surface area contributed by atoms with Crippen molar-refractivity contribution in [3.8, 4) is 0 Å². The van der Waals surface area contributed by atoms with E-state index in [9.17, 15) is 9.18 Å². The Balaban J connectivity index is 0.00000240. The Morgan fingerprint density at radius 3 is 2.86 bits per heavy atom. The second-order valence-electron chi connectivity index (χ2n) is 7.08. The number of aromatic nitrogens is 3. The Bertz CT molecular complexity index is 969. The largest absolute Gasteiger partial charge is 0.317 e. The maximum Gasteiger partial charge on any atom is 0.254 e. The maximum absolute atomic E-state index is 13.8. The van der Waals surface area contributed by atoms with Crippen molar-refractivity contribution in [2.24, 2.45) is 0 Å². The van der Waals surface area contributed by atoms with Gasteiger partial charge in [0.15, 0.2) is 5.13 Å². The van der Waals surface area contributed by atoms with E-state index in [2.05, 4.69) is 20.7 Å². The SMILES string of the molecule is Cc1ccc(Cc2cnc(NC(=O)C3(n4cccn4)CCNCC3)s2)cc1F.Cl. The van der Waals surface area contributed by atoms with E-state index in [1.165, 1.54) is 11.3 Å². The highest BCUT2D eigenvalue weighted by Gasteiger charge is 2.42. The average molecular weight is 436 g/mol. The molecular formula is C20H23ClFN5OS. The number of halogens is 2. The van der Waals surface area contributed by atoms with E-state index < -0.39 is 5.54 Å². The van der Waals surface area contributed by atoms with Crippen molar-refractivity contribution in [2.45, 2.75) is 31.7 Å². The van der Waals surface area contributed by atoms with Crippen molar-refractivity contribution >= 4 is 34.8 Å². The van der Waals surface area contributed by atoms with Crippen molar-refractivity contribution in [3.05, 3.63) is 64.7 Å². The molecule has 4 rings (SSSR count). The summed E-state index contributed by atoms with van der Waals surface area (Å²) in [6.45, 7) is 3.26. The van der Waals surface area contributed by atoms with Gasteiger partial charge in [-0.3, -0.25) is 14.8 Å². The van der Waals surface area contributed by atoms with Gasteiger partial charge in [-0.1, -0.05) is 12.1 Å². The molecule has 2 N–H and O–H groups in total. The van der Waals surface area contributed by atoms with E-state index in [1.807, 2.05) is 18.3 Å². The number of carbonyl (C=O) groups excluding carboxylic acids is 1. The van der Waals surface area contributed by atoms with Gasteiger partial charge in [0.25, 0.3) is 5.91 Å². The quantitative estimate of drug-likeness (QED) is 0.643. The molecule has 0 bridgehead atoms. The zero-order valence-corrected chi connectivity index (χ0v) is 17.7. The molecule has 1 fully saturated rings. The van der Waals surface area contributed by atoms with Crippen molar-refractivity contribution < 1.29 is 9.18 Å². The summed E-state index contributed by atoms with van der Waals surface area (Å²) in [5.41, 5.74) is 0.809. The van der Waals surface area contributed by atoms with Crippen LogP contribution in [0.3, 0.4) is 0 Å².